The summed E-state index contributed by atoms with van der Waals surface area (Å²) >= 11 is 5.24. The molecule has 0 spiro atoms. The highest BCUT2D eigenvalue weighted by atomic mass is 32.1. The number of rotatable bonds is 6. The first-order valence-electron chi connectivity index (χ1n) is 7.08. The fraction of sp³-hybridized carbons (Fsp3) is 0.769. The second-order valence-electron chi connectivity index (χ2n) is 4.61. The van der Waals surface area contributed by atoms with Gasteiger partial charge in [-0.3, -0.25) is 9.59 Å². The van der Waals surface area contributed by atoms with Crippen molar-refractivity contribution in [1.82, 2.24) is 15.5 Å². The van der Waals surface area contributed by atoms with Crippen molar-refractivity contribution < 1.29 is 14.3 Å². The van der Waals surface area contributed by atoms with Crippen LogP contribution in [0.1, 0.15) is 33.1 Å². The van der Waals surface area contributed by atoms with Gasteiger partial charge in [0.05, 0.1) is 13.0 Å². The molecule has 1 rings (SSSR count). The highest BCUT2D eigenvalue weighted by Crippen LogP contribution is 2.10. The van der Waals surface area contributed by atoms with Crippen LogP contribution in [0.15, 0.2) is 0 Å². The van der Waals surface area contributed by atoms with Gasteiger partial charge in [-0.25, -0.2) is 0 Å². The van der Waals surface area contributed by atoms with Gasteiger partial charge in [-0.05, 0) is 25.6 Å². The maximum absolute atomic E-state index is 11.9. The van der Waals surface area contributed by atoms with Crippen LogP contribution < -0.4 is 10.6 Å². The smallest absolute Gasteiger partial charge is 0.308 e. The summed E-state index contributed by atoms with van der Waals surface area (Å²) in [5.41, 5.74) is 0. The molecule has 1 saturated heterocycles. The summed E-state index contributed by atoms with van der Waals surface area (Å²) < 4.78 is 5.11. The highest BCUT2D eigenvalue weighted by molar-refractivity contribution is 7.80. The van der Waals surface area contributed by atoms with Crippen LogP contribution in [0.5, 0.6) is 0 Å². The maximum Gasteiger partial charge on any atom is 0.308 e. The number of nitrogens with one attached hydrogen (secondary N) is 2. The molecule has 1 unspecified atom stereocenters. The Labute approximate surface area is 125 Å². The molecule has 0 bridgehead atoms. The number of carbonyl (C=O) groups excluding carboxylic acids is 2. The van der Waals surface area contributed by atoms with Gasteiger partial charge < -0.3 is 20.3 Å². The quantitative estimate of drug-likeness (QED) is 0.421. The third-order valence-electron chi connectivity index (χ3n) is 3.04. The molecule has 0 aliphatic carbocycles. The molecule has 1 atom stereocenters. The van der Waals surface area contributed by atoms with E-state index in [0.29, 0.717) is 31.4 Å². The number of ether oxygens (including phenoxy) is 1. The molecule has 1 aliphatic heterocycles. The molecular formula is C13H23N3O3S. The van der Waals surface area contributed by atoms with Gasteiger partial charge in [0.25, 0.3) is 0 Å². The number of amides is 1. The highest BCUT2D eigenvalue weighted by Gasteiger charge is 2.33. The number of hydrogen-bond acceptors (Lipinski definition) is 4. The summed E-state index contributed by atoms with van der Waals surface area (Å²) in [7, 11) is 0. The van der Waals surface area contributed by atoms with Crippen LogP contribution in [-0.4, -0.2) is 54.2 Å². The average molecular weight is 301 g/mol. The standard InChI is InChI=1S/C13H23N3O3S/c1-3-5-8-19-11(17)9-10-12(18)15-6-7-16(10)13(20)14-4-2/h10H,3-9H2,1-2H3,(H,14,20)(H,15,18). The number of unbranched alkanes of at least 4 members (excludes halogenated alkanes) is 1. The van der Waals surface area contributed by atoms with E-state index in [9.17, 15) is 9.59 Å². The zero-order valence-corrected chi connectivity index (χ0v) is 12.9. The van der Waals surface area contributed by atoms with Crippen LogP contribution in [-0.2, 0) is 14.3 Å². The third-order valence-corrected chi connectivity index (χ3v) is 3.42. The predicted molar refractivity (Wildman–Crippen MR) is 80.3 cm³/mol. The molecule has 1 aliphatic rings. The lowest BCUT2D eigenvalue weighted by molar-refractivity contribution is -0.147. The van der Waals surface area contributed by atoms with Gasteiger partial charge in [-0.2, -0.15) is 0 Å². The zero-order chi connectivity index (χ0) is 15.0. The second-order valence-corrected chi connectivity index (χ2v) is 5.00. The largest absolute Gasteiger partial charge is 0.466 e. The molecule has 6 nitrogen and oxygen atoms in total. The third kappa shape index (κ3) is 4.96. The Morgan fingerprint density at radius 2 is 2.30 bits per heavy atom. The first kappa shape index (κ1) is 16.7. The molecule has 1 amide bonds. The van der Waals surface area contributed by atoms with Crippen LogP contribution >= 0.6 is 12.2 Å². The lowest BCUT2D eigenvalue weighted by Crippen LogP contribution is -2.59. The van der Waals surface area contributed by atoms with E-state index in [4.69, 9.17) is 17.0 Å². The minimum absolute atomic E-state index is 0.0289. The Morgan fingerprint density at radius 1 is 1.55 bits per heavy atom. The minimum Gasteiger partial charge on any atom is -0.466 e. The van der Waals surface area contributed by atoms with Gasteiger partial charge in [0.1, 0.15) is 6.04 Å². The van der Waals surface area contributed by atoms with Crippen LogP contribution in [0.2, 0.25) is 0 Å². The van der Waals surface area contributed by atoms with E-state index in [1.165, 1.54) is 0 Å². The Hall–Kier alpha value is -1.37. The summed E-state index contributed by atoms with van der Waals surface area (Å²) in [6.07, 6.45) is 1.83. The van der Waals surface area contributed by atoms with E-state index in [1.807, 2.05) is 13.8 Å². The van der Waals surface area contributed by atoms with Crippen molar-refractivity contribution >= 4 is 29.2 Å². The molecule has 0 aromatic rings. The van der Waals surface area contributed by atoms with Crippen molar-refractivity contribution in [3.8, 4) is 0 Å². The summed E-state index contributed by atoms with van der Waals surface area (Å²) in [4.78, 5) is 25.5. The van der Waals surface area contributed by atoms with E-state index >= 15 is 0 Å². The van der Waals surface area contributed by atoms with Gasteiger partial charge in [-0.15, -0.1) is 0 Å². The second kappa shape index (κ2) is 8.73. The van der Waals surface area contributed by atoms with Crippen LogP contribution in [0, 0.1) is 0 Å². The Morgan fingerprint density at radius 3 is 2.95 bits per heavy atom. The maximum atomic E-state index is 11.9. The number of piperazine rings is 1. The summed E-state index contributed by atoms with van der Waals surface area (Å²) in [5.74, 6) is -0.534. The van der Waals surface area contributed by atoms with Crippen molar-refractivity contribution in [3.63, 3.8) is 0 Å². The van der Waals surface area contributed by atoms with Crippen molar-refractivity contribution in [2.24, 2.45) is 0 Å². The first-order chi connectivity index (χ1) is 9.60. The zero-order valence-electron chi connectivity index (χ0n) is 12.1. The van der Waals surface area contributed by atoms with E-state index in [1.54, 1.807) is 4.90 Å². The molecule has 7 heteroatoms. The minimum atomic E-state index is -0.579. The number of esters is 1. The SMILES string of the molecule is CCCCOC(=O)CC1C(=O)NCCN1C(=S)NCC. The van der Waals surface area contributed by atoms with Gasteiger partial charge >= 0.3 is 5.97 Å². The molecule has 0 aromatic heterocycles. The molecule has 1 fully saturated rings. The Balaban J connectivity index is 2.58. The van der Waals surface area contributed by atoms with Gasteiger partial charge in [0.2, 0.25) is 5.91 Å². The van der Waals surface area contributed by atoms with Crippen molar-refractivity contribution in [2.45, 2.75) is 39.2 Å². The Kier molecular flexibility index (Phi) is 7.28. The summed E-state index contributed by atoms with van der Waals surface area (Å²) in [5, 5.41) is 6.28. The van der Waals surface area contributed by atoms with Crippen molar-refractivity contribution in [2.75, 3.05) is 26.2 Å². The van der Waals surface area contributed by atoms with Gasteiger partial charge in [-0.1, -0.05) is 13.3 Å². The molecule has 1 heterocycles. The monoisotopic (exact) mass is 301 g/mol. The molecule has 114 valence electrons. The molecule has 0 aromatic carbocycles. The van der Waals surface area contributed by atoms with E-state index in [-0.39, 0.29) is 18.3 Å². The van der Waals surface area contributed by atoms with Crippen molar-refractivity contribution in [3.05, 3.63) is 0 Å². The van der Waals surface area contributed by atoms with Gasteiger partial charge in [0, 0.05) is 19.6 Å². The molecule has 0 saturated carbocycles. The fourth-order valence-electron chi connectivity index (χ4n) is 1.96. The van der Waals surface area contributed by atoms with Crippen molar-refractivity contribution in [1.29, 1.82) is 0 Å². The average Bonchev–Trinajstić information content (AvgIpc) is 2.41. The number of thiocarbonyl (C=S) groups is 1. The van der Waals surface area contributed by atoms with Crippen LogP contribution in [0.25, 0.3) is 0 Å². The van der Waals surface area contributed by atoms with Crippen LogP contribution in [0.4, 0.5) is 0 Å². The normalized spacial score (nSPS) is 18.4. The lowest BCUT2D eigenvalue weighted by Gasteiger charge is -2.36. The summed E-state index contributed by atoms with van der Waals surface area (Å²) in [6.45, 7) is 6.19. The topological polar surface area (TPSA) is 70.7 Å². The Bertz CT molecular complexity index is 363. The number of hydrogen-bond donors (Lipinski definition) is 2. The van der Waals surface area contributed by atoms with Crippen LogP contribution in [0.3, 0.4) is 0 Å². The van der Waals surface area contributed by atoms with Gasteiger partial charge in [0.15, 0.2) is 5.11 Å². The first-order valence-corrected chi connectivity index (χ1v) is 7.48. The van der Waals surface area contributed by atoms with E-state index in [0.717, 1.165) is 12.8 Å². The van der Waals surface area contributed by atoms with E-state index < -0.39 is 6.04 Å². The molecule has 0 radical (unpaired) electrons. The lowest BCUT2D eigenvalue weighted by atomic mass is 10.1. The molecule has 20 heavy (non-hydrogen) atoms. The fourth-order valence-corrected chi connectivity index (χ4v) is 2.32. The number of nitrogens with zero attached hydrogens (tertiary/aromatic N) is 1. The predicted octanol–water partition coefficient (Wildman–Crippen LogP) is 0.415. The molecular weight excluding hydrogens is 278 g/mol. The van der Waals surface area contributed by atoms with E-state index in [2.05, 4.69) is 10.6 Å². The molecule has 2 N–H and O–H groups in total. The summed E-state index contributed by atoms with van der Waals surface area (Å²) in [6, 6.07) is -0.579. The number of carbonyl (C=O) groups is 2.